The summed E-state index contributed by atoms with van der Waals surface area (Å²) in [5.74, 6) is -0.220. The molecule has 6 nitrogen and oxygen atoms in total. The van der Waals surface area contributed by atoms with E-state index in [-0.39, 0.29) is 23.8 Å². The maximum absolute atomic E-state index is 13.4. The molecule has 1 saturated heterocycles. The average Bonchev–Trinajstić information content (AvgIpc) is 3.09. The van der Waals surface area contributed by atoms with Gasteiger partial charge in [0.25, 0.3) is 5.91 Å². The first-order valence-electron chi connectivity index (χ1n) is 10.0. The highest BCUT2D eigenvalue weighted by atomic mass is 32.2. The van der Waals surface area contributed by atoms with Gasteiger partial charge in [-0.05, 0) is 60.9 Å². The summed E-state index contributed by atoms with van der Waals surface area (Å²) in [7, 11) is 0. The Bertz CT molecular complexity index is 1040. The van der Waals surface area contributed by atoms with E-state index >= 15 is 0 Å². The summed E-state index contributed by atoms with van der Waals surface area (Å²) in [6, 6.07) is 10.6. The van der Waals surface area contributed by atoms with Crippen LogP contribution in [0, 0.1) is 13.8 Å². The number of anilines is 1. The maximum atomic E-state index is 13.4. The molecule has 2 atom stereocenters. The number of carbonyl (C=O) groups excluding carboxylic acids is 3. The van der Waals surface area contributed by atoms with Crippen LogP contribution in [0.25, 0.3) is 11.1 Å². The van der Waals surface area contributed by atoms with Gasteiger partial charge < -0.3 is 15.5 Å². The monoisotopic (exact) mass is 423 g/mol. The zero-order chi connectivity index (χ0) is 21.4. The second kappa shape index (κ2) is 8.14. The minimum atomic E-state index is -0.695. The molecule has 4 rings (SSSR count). The zero-order valence-corrected chi connectivity index (χ0v) is 18.1. The van der Waals surface area contributed by atoms with E-state index in [1.807, 2.05) is 30.5 Å². The van der Waals surface area contributed by atoms with Crippen molar-refractivity contribution in [3.05, 3.63) is 53.1 Å². The lowest BCUT2D eigenvalue weighted by molar-refractivity contribution is -0.122. The van der Waals surface area contributed by atoms with Crippen molar-refractivity contribution in [2.24, 2.45) is 0 Å². The summed E-state index contributed by atoms with van der Waals surface area (Å²) in [4.78, 5) is 40.0. The summed E-state index contributed by atoms with van der Waals surface area (Å²) < 4.78 is 0. The summed E-state index contributed by atoms with van der Waals surface area (Å²) in [5.41, 5.74) is 5.37. The molecule has 156 valence electrons. The Balaban J connectivity index is 1.68. The van der Waals surface area contributed by atoms with Crippen molar-refractivity contribution in [2.45, 2.75) is 32.4 Å². The molecule has 0 radical (unpaired) electrons. The zero-order valence-electron chi connectivity index (χ0n) is 17.3. The molecule has 2 aromatic rings. The van der Waals surface area contributed by atoms with Crippen molar-refractivity contribution in [3.63, 3.8) is 0 Å². The third-order valence-corrected chi connectivity index (χ3v) is 6.52. The number of hydrogen-bond acceptors (Lipinski definition) is 4. The van der Waals surface area contributed by atoms with E-state index in [2.05, 4.69) is 30.5 Å². The number of fused-ring (bicyclic) bond motifs is 2. The van der Waals surface area contributed by atoms with E-state index < -0.39 is 6.04 Å². The topological polar surface area (TPSA) is 78.5 Å². The molecular formula is C23H25N3O3S. The van der Waals surface area contributed by atoms with Gasteiger partial charge in [-0.3, -0.25) is 14.4 Å². The van der Waals surface area contributed by atoms with Crippen LogP contribution in [0.15, 0.2) is 36.4 Å². The summed E-state index contributed by atoms with van der Waals surface area (Å²) in [6.45, 7) is 4.57. The Morgan fingerprint density at radius 2 is 2.00 bits per heavy atom. The SMILES string of the molecule is CSCC(=O)N[C@H]1CCN2C(=O)c3cc(-c4cccc(C)c4C)ccc3NC(=O)[C@H]12. The number of thioether (sulfide) groups is 1. The van der Waals surface area contributed by atoms with E-state index in [0.29, 0.717) is 30.0 Å². The van der Waals surface area contributed by atoms with Gasteiger partial charge in [-0.1, -0.05) is 24.3 Å². The maximum Gasteiger partial charge on any atom is 0.256 e. The van der Waals surface area contributed by atoms with E-state index in [9.17, 15) is 14.4 Å². The van der Waals surface area contributed by atoms with Crippen LogP contribution < -0.4 is 10.6 Å². The largest absolute Gasteiger partial charge is 0.350 e. The van der Waals surface area contributed by atoms with Crippen LogP contribution >= 0.6 is 11.8 Å². The number of benzene rings is 2. The Morgan fingerprint density at radius 3 is 2.77 bits per heavy atom. The molecule has 0 aromatic heterocycles. The Kier molecular flexibility index (Phi) is 5.56. The lowest BCUT2D eigenvalue weighted by Crippen LogP contribution is -2.51. The predicted octanol–water partition coefficient (Wildman–Crippen LogP) is 2.98. The summed E-state index contributed by atoms with van der Waals surface area (Å²) in [6.07, 6.45) is 2.42. The molecule has 0 aliphatic carbocycles. The number of nitrogens with one attached hydrogen (secondary N) is 2. The van der Waals surface area contributed by atoms with Crippen LogP contribution in [0.4, 0.5) is 5.69 Å². The second-order valence-corrected chi connectivity index (χ2v) is 8.70. The van der Waals surface area contributed by atoms with Crippen molar-refractivity contribution >= 4 is 35.2 Å². The van der Waals surface area contributed by atoms with Gasteiger partial charge in [0.1, 0.15) is 6.04 Å². The van der Waals surface area contributed by atoms with E-state index in [1.165, 1.54) is 17.3 Å². The minimum Gasteiger partial charge on any atom is -0.350 e. The van der Waals surface area contributed by atoms with Gasteiger partial charge in [-0.2, -0.15) is 11.8 Å². The lowest BCUT2D eigenvalue weighted by Gasteiger charge is -2.24. The highest BCUT2D eigenvalue weighted by molar-refractivity contribution is 7.99. The summed E-state index contributed by atoms with van der Waals surface area (Å²) in [5, 5.41) is 5.83. The predicted molar refractivity (Wildman–Crippen MR) is 120 cm³/mol. The molecule has 0 bridgehead atoms. The molecule has 2 aliphatic heterocycles. The van der Waals surface area contributed by atoms with E-state index in [0.717, 1.165) is 16.7 Å². The molecule has 30 heavy (non-hydrogen) atoms. The van der Waals surface area contributed by atoms with Crippen molar-refractivity contribution in [3.8, 4) is 11.1 Å². The molecule has 7 heteroatoms. The minimum absolute atomic E-state index is 0.117. The number of carbonyl (C=O) groups is 3. The van der Waals surface area contributed by atoms with Crippen molar-refractivity contribution in [2.75, 3.05) is 23.9 Å². The molecule has 2 aliphatic rings. The molecule has 0 unspecified atom stereocenters. The number of rotatable bonds is 4. The van der Waals surface area contributed by atoms with Gasteiger partial charge in [-0.25, -0.2) is 0 Å². The van der Waals surface area contributed by atoms with Gasteiger partial charge in [0.15, 0.2) is 0 Å². The molecule has 0 saturated carbocycles. The fourth-order valence-corrected chi connectivity index (χ4v) is 4.64. The Morgan fingerprint density at radius 1 is 1.20 bits per heavy atom. The van der Waals surface area contributed by atoms with Crippen molar-refractivity contribution in [1.29, 1.82) is 0 Å². The number of aryl methyl sites for hydroxylation is 1. The molecule has 2 aromatic carbocycles. The number of amides is 3. The first-order chi connectivity index (χ1) is 14.4. The van der Waals surface area contributed by atoms with Crippen LogP contribution in [0.2, 0.25) is 0 Å². The average molecular weight is 424 g/mol. The highest BCUT2D eigenvalue weighted by Crippen LogP contribution is 2.33. The normalized spacial score (nSPS) is 20.3. The van der Waals surface area contributed by atoms with Crippen LogP contribution in [-0.2, 0) is 9.59 Å². The van der Waals surface area contributed by atoms with Crippen LogP contribution in [0.5, 0.6) is 0 Å². The quantitative estimate of drug-likeness (QED) is 0.793. The number of hydrogen-bond donors (Lipinski definition) is 2. The van der Waals surface area contributed by atoms with Gasteiger partial charge >= 0.3 is 0 Å². The first kappa shape index (κ1) is 20.5. The van der Waals surface area contributed by atoms with Crippen LogP contribution in [-0.4, -0.2) is 53.3 Å². The molecular weight excluding hydrogens is 398 g/mol. The van der Waals surface area contributed by atoms with Crippen molar-refractivity contribution in [1.82, 2.24) is 10.2 Å². The molecule has 3 amide bonds. The fraction of sp³-hybridized carbons (Fsp3) is 0.348. The van der Waals surface area contributed by atoms with Gasteiger partial charge in [0.05, 0.1) is 23.0 Å². The summed E-state index contributed by atoms with van der Waals surface area (Å²) >= 11 is 1.43. The van der Waals surface area contributed by atoms with Gasteiger partial charge in [0, 0.05) is 6.54 Å². The van der Waals surface area contributed by atoms with Gasteiger partial charge in [0.2, 0.25) is 11.8 Å². The van der Waals surface area contributed by atoms with Gasteiger partial charge in [-0.15, -0.1) is 0 Å². The molecule has 1 fully saturated rings. The second-order valence-electron chi connectivity index (χ2n) is 7.84. The molecule has 2 N–H and O–H groups in total. The third kappa shape index (κ3) is 3.58. The van der Waals surface area contributed by atoms with E-state index in [1.54, 1.807) is 11.0 Å². The lowest BCUT2D eigenvalue weighted by atomic mass is 9.95. The van der Waals surface area contributed by atoms with E-state index in [4.69, 9.17) is 0 Å². The van der Waals surface area contributed by atoms with Crippen molar-refractivity contribution < 1.29 is 14.4 Å². The third-order valence-electron chi connectivity index (χ3n) is 5.97. The standard InChI is InChI=1S/C23H25N3O3S/c1-13-5-4-6-16(14(13)2)15-7-8-18-17(11-15)23(29)26-10-9-19(21(26)22(28)25-18)24-20(27)12-30-3/h4-8,11,19,21H,9-10,12H2,1-3H3,(H,24,27)(H,25,28)/t19-,21-/m0/s1. The number of nitrogens with zero attached hydrogens (tertiary/aromatic N) is 1. The van der Waals surface area contributed by atoms with Crippen LogP contribution in [0.3, 0.4) is 0 Å². The molecule has 2 heterocycles. The smallest absolute Gasteiger partial charge is 0.256 e. The molecule has 0 spiro atoms. The Labute approximate surface area is 180 Å². The van der Waals surface area contributed by atoms with Crippen LogP contribution in [0.1, 0.15) is 27.9 Å². The Hall–Kier alpha value is -2.80. The highest BCUT2D eigenvalue weighted by Gasteiger charge is 2.45. The fourth-order valence-electron chi connectivity index (χ4n) is 4.30. The first-order valence-corrected chi connectivity index (χ1v) is 11.4.